The number of aryl methyl sites for hydroxylation is 1. The summed E-state index contributed by atoms with van der Waals surface area (Å²) in [5.74, 6) is -0.464. The summed E-state index contributed by atoms with van der Waals surface area (Å²) in [5.41, 5.74) is 2.36. The Hall–Kier alpha value is -3.03. The van der Waals surface area contributed by atoms with E-state index in [0.29, 0.717) is 12.1 Å². The first-order valence-corrected chi connectivity index (χ1v) is 11.4. The maximum Gasteiger partial charge on any atom is 0.241 e. The number of hydrogen-bond acceptors (Lipinski definition) is 3. The van der Waals surface area contributed by atoms with Crippen molar-refractivity contribution in [1.29, 1.82) is 0 Å². The number of halogens is 1. The predicted octanol–water partition coefficient (Wildman–Crippen LogP) is 4.46. The fourth-order valence-corrected chi connectivity index (χ4v) is 4.41. The van der Waals surface area contributed by atoms with E-state index in [1.165, 1.54) is 17.0 Å². The zero-order valence-corrected chi connectivity index (χ0v) is 18.3. The van der Waals surface area contributed by atoms with E-state index < -0.39 is 10.0 Å². The molecule has 0 heterocycles. The number of anilines is 1. The smallest absolute Gasteiger partial charge is 0.241 e. The zero-order chi connectivity index (χ0) is 22.4. The van der Waals surface area contributed by atoms with E-state index in [1.807, 2.05) is 30.3 Å². The summed E-state index contributed by atoms with van der Waals surface area (Å²) < 4.78 is 41.1. The lowest BCUT2D eigenvalue weighted by Crippen LogP contribution is -2.27. The topological polar surface area (TPSA) is 66.5 Å². The van der Waals surface area contributed by atoms with Gasteiger partial charge in [-0.15, -0.1) is 0 Å². The lowest BCUT2D eigenvalue weighted by molar-refractivity contribution is -0.118. The van der Waals surface area contributed by atoms with Gasteiger partial charge in [0.15, 0.2) is 0 Å². The summed E-state index contributed by atoms with van der Waals surface area (Å²) in [6.07, 6.45) is 0.724. The normalized spacial score (nSPS) is 12.4. The molecular weight excluding hydrogens is 415 g/mol. The molecule has 0 aromatic heterocycles. The van der Waals surface area contributed by atoms with Crippen molar-refractivity contribution in [3.05, 3.63) is 95.8 Å². The van der Waals surface area contributed by atoms with Crippen molar-refractivity contribution >= 4 is 21.6 Å². The minimum atomic E-state index is -3.66. The number of hydrogen-bond donors (Lipinski definition) is 1. The first-order chi connectivity index (χ1) is 14.8. The van der Waals surface area contributed by atoms with Crippen molar-refractivity contribution in [3.63, 3.8) is 0 Å². The molecule has 3 aromatic rings. The highest BCUT2D eigenvalue weighted by Crippen LogP contribution is 2.19. The van der Waals surface area contributed by atoms with E-state index in [-0.39, 0.29) is 29.1 Å². The molecule has 0 aliphatic rings. The number of rotatable bonds is 8. The highest BCUT2D eigenvalue weighted by Gasteiger charge is 2.18. The largest absolute Gasteiger partial charge is 0.315 e. The van der Waals surface area contributed by atoms with E-state index in [1.54, 1.807) is 50.4 Å². The van der Waals surface area contributed by atoms with E-state index in [0.717, 1.165) is 11.1 Å². The Morgan fingerprint density at radius 3 is 2.19 bits per heavy atom. The molecule has 0 aliphatic heterocycles. The summed E-state index contributed by atoms with van der Waals surface area (Å²) in [6, 6.07) is 21.2. The third kappa shape index (κ3) is 5.99. The molecule has 0 fully saturated rings. The van der Waals surface area contributed by atoms with Gasteiger partial charge in [-0.25, -0.2) is 17.5 Å². The average molecular weight is 441 g/mol. The van der Waals surface area contributed by atoms with Gasteiger partial charge in [0, 0.05) is 25.2 Å². The van der Waals surface area contributed by atoms with Gasteiger partial charge in [-0.05, 0) is 60.9 Å². The fraction of sp³-hybridized carbons (Fsp3) is 0.208. The number of sulfonamides is 1. The summed E-state index contributed by atoms with van der Waals surface area (Å²) in [5, 5.41) is 0. The van der Waals surface area contributed by atoms with E-state index >= 15 is 0 Å². The van der Waals surface area contributed by atoms with Crippen LogP contribution < -0.4 is 9.62 Å². The number of carbonyl (C=O) groups is 1. The van der Waals surface area contributed by atoms with Crippen LogP contribution in [0.3, 0.4) is 0 Å². The van der Waals surface area contributed by atoms with Crippen LogP contribution in [0.2, 0.25) is 0 Å². The number of nitrogens with zero attached hydrogens (tertiary/aromatic N) is 1. The second-order valence-electron chi connectivity index (χ2n) is 7.33. The lowest BCUT2D eigenvalue weighted by atomic mass is 10.1. The number of benzene rings is 3. The summed E-state index contributed by atoms with van der Waals surface area (Å²) in [6.45, 7) is 1.80. The van der Waals surface area contributed by atoms with Crippen LogP contribution in [-0.2, 0) is 21.2 Å². The van der Waals surface area contributed by atoms with Gasteiger partial charge in [0.25, 0.3) is 0 Å². The average Bonchev–Trinajstić information content (AvgIpc) is 2.78. The third-order valence-corrected chi connectivity index (χ3v) is 6.64. The van der Waals surface area contributed by atoms with E-state index in [2.05, 4.69) is 4.72 Å². The number of amides is 1. The second-order valence-corrected chi connectivity index (χ2v) is 9.04. The van der Waals surface area contributed by atoms with Crippen LogP contribution in [-0.4, -0.2) is 21.4 Å². The van der Waals surface area contributed by atoms with Gasteiger partial charge in [0.1, 0.15) is 5.82 Å². The molecule has 0 spiro atoms. The molecule has 0 radical (unpaired) electrons. The number of carbonyl (C=O) groups excluding carboxylic acids is 1. The molecule has 0 aliphatic carbocycles. The predicted molar refractivity (Wildman–Crippen MR) is 120 cm³/mol. The Morgan fingerprint density at radius 1 is 0.968 bits per heavy atom. The summed E-state index contributed by atoms with van der Waals surface area (Å²) in [4.78, 5) is 14.1. The third-order valence-electron chi connectivity index (χ3n) is 5.08. The van der Waals surface area contributed by atoms with Crippen LogP contribution in [0.5, 0.6) is 0 Å². The summed E-state index contributed by atoms with van der Waals surface area (Å²) >= 11 is 0. The maximum absolute atomic E-state index is 13.0. The molecule has 0 unspecified atom stereocenters. The molecule has 5 nitrogen and oxygen atoms in total. The Kier molecular flexibility index (Phi) is 7.20. The molecule has 3 rings (SSSR count). The second kappa shape index (κ2) is 9.85. The zero-order valence-electron chi connectivity index (χ0n) is 17.5. The van der Waals surface area contributed by atoms with Crippen molar-refractivity contribution in [1.82, 2.24) is 4.72 Å². The van der Waals surface area contributed by atoms with Crippen LogP contribution in [0.4, 0.5) is 10.1 Å². The van der Waals surface area contributed by atoms with E-state index in [4.69, 9.17) is 0 Å². The van der Waals surface area contributed by atoms with Gasteiger partial charge in [-0.3, -0.25) is 4.79 Å². The van der Waals surface area contributed by atoms with Crippen molar-refractivity contribution in [2.75, 3.05) is 11.9 Å². The SMILES string of the molecule is C[C@H](NS(=O)(=O)c1ccc(CCC(=O)N(C)c2ccc(F)cc2)cc1)c1ccccc1. The first kappa shape index (κ1) is 22.7. The van der Waals surface area contributed by atoms with Crippen LogP contribution >= 0.6 is 0 Å². The minimum Gasteiger partial charge on any atom is -0.315 e. The molecule has 0 saturated heterocycles. The molecule has 7 heteroatoms. The Labute approximate surface area is 182 Å². The van der Waals surface area contributed by atoms with Crippen LogP contribution in [0.15, 0.2) is 83.8 Å². The van der Waals surface area contributed by atoms with Gasteiger partial charge in [0.05, 0.1) is 4.90 Å². The Balaban J connectivity index is 1.59. The van der Waals surface area contributed by atoms with Gasteiger partial charge >= 0.3 is 0 Å². The van der Waals surface area contributed by atoms with Crippen LogP contribution in [0.1, 0.15) is 30.5 Å². The standard InChI is InChI=1S/C24H25FN2O3S/c1-18(20-6-4-3-5-7-20)26-31(29,30)23-15-8-19(9-16-23)10-17-24(28)27(2)22-13-11-21(25)12-14-22/h3-9,11-16,18,26H,10,17H2,1-2H3/t18-/m0/s1. The maximum atomic E-state index is 13.0. The van der Waals surface area contributed by atoms with Crippen LogP contribution in [0.25, 0.3) is 0 Å². The molecular formula is C24H25FN2O3S. The van der Waals surface area contributed by atoms with Crippen molar-refractivity contribution in [2.24, 2.45) is 0 Å². The van der Waals surface area contributed by atoms with Crippen molar-refractivity contribution in [2.45, 2.75) is 30.7 Å². The van der Waals surface area contributed by atoms with Gasteiger partial charge in [-0.1, -0.05) is 42.5 Å². The highest BCUT2D eigenvalue weighted by atomic mass is 32.2. The van der Waals surface area contributed by atoms with Crippen LogP contribution in [0, 0.1) is 5.82 Å². The first-order valence-electron chi connectivity index (χ1n) is 9.94. The van der Waals surface area contributed by atoms with Gasteiger partial charge < -0.3 is 4.90 Å². The molecule has 31 heavy (non-hydrogen) atoms. The Bertz CT molecular complexity index is 1120. The number of nitrogens with one attached hydrogen (secondary N) is 1. The highest BCUT2D eigenvalue weighted by molar-refractivity contribution is 7.89. The van der Waals surface area contributed by atoms with Gasteiger partial charge in [0.2, 0.25) is 15.9 Å². The minimum absolute atomic E-state index is 0.110. The molecule has 1 amide bonds. The molecule has 0 saturated carbocycles. The van der Waals surface area contributed by atoms with Gasteiger partial charge in [-0.2, -0.15) is 0 Å². The van der Waals surface area contributed by atoms with Crippen molar-refractivity contribution < 1.29 is 17.6 Å². The Morgan fingerprint density at radius 2 is 1.58 bits per heavy atom. The molecule has 3 aromatic carbocycles. The molecule has 162 valence electrons. The quantitative estimate of drug-likeness (QED) is 0.562. The summed E-state index contributed by atoms with van der Waals surface area (Å²) in [7, 11) is -2.02. The molecule has 1 N–H and O–H groups in total. The molecule has 1 atom stereocenters. The monoisotopic (exact) mass is 440 g/mol. The fourth-order valence-electron chi connectivity index (χ4n) is 3.17. The van der Waals surface area contributed by atoms with E-state index in [9.17, 15) is 17.6 Å². The molecule has 0 bridgehead atoms. The lowest BCUT2D eigenvalue weighted by Gasteiger charge is -2.17. The van der Waals surface area contributed by atoms with Crippen molar-refractivity contribution in [3.8, 4) is 0 Å².